The fourth-order valence-corrected chi connectivity index (χ4v) is 2.67. The molecule has 4 aromatic rings. The largest absolute Gasteiger partial charge is 0.464 e. The van der Waals surface area contributed by atoms with Crippen molar-refractivity contribution in [1.82, 2.24) is 4.98 Å². The molecule has 0 radical (unpaired) electrons. The lowest BCUT2D eigenvalue weighted by Gasteiger charge is -2.07. The van der Waals surface area contributed by atoms with E-state index in [4.69, 9.17) is 4.42 Å². The Kier molecular flexibility index (Phi) is 3.74. The third kappa shape index (κ3) is 2.99. The molecule has 0 aliphatic heterocycles. The summed E-state index contributed by atoms with van der Waals surface area (Å²) >= 11 is 0. The fourth-order valence-electron chi connectivity index (χ4n) is 2.67. The van der Waals surface area contributed by atoms with Crippen molar-refractivity contribution < 1.29 is 13.6 Å². The van der Waals surface area contributed by atoms with E-state index in [0.717, 1.165) is 22.2 Å². The Morgan fingerprint density at radius 1 is 1.04 bits per heavy atom. The number of anilines is 1. The molecule has 2 heterocycles. The number of benzene rings is 2. The number of fused-ring (bicyclic) bond motifs is 1. The number of rotatable bonds is 3. The minimum absolute atomic E-state index is 0.299. The highest BCUT2D eigenvalue weighted by atomic mass is 19.1. The molecule has 1 N–H and O–H groups in total. The summed E-state index contributed by atoms with van der Waals surface area (Å²) in [5, 5.41) is 3.59. The summed E-state index contributed by atoms with van der Waals surface area (Å²) in [5.74, 6) is -0.695. The summed E-state index contributed by atoms with van der Waals surface area (Å²) in [5.41, 5.74) is 3.34. The van der Waals surface area contributed by atoms with Crippen LogP contribution in [-0.2, 0) is 0 Å². The Hall–Kier alpha value is -3.47. The highest BCUT2D eigenvalue weighted by molar-refractivity contribution is 6.04. The van der Waals surface area contributed by atoms with Crippen molar-refractivity contribution in [1.29, 1.82) is 0 Å². The Morgan fingerprint density at radius 3 is 2.68 bits per heavy atom. The maximum Gasteiger partial charge on any atom is 0.255 e. The van der Waals surface area contributed by atoms with Gasteiger partial charge >= 0.3 is 0 Å². The van der Waals surface area contributed by atoms with Gasteiger partial charge in [-0.1, -0.05) is 18.2 Å². The smallest absolute Gasteiger partial charge is 0.255 e. The Morgan fingerprint density at radius 2 is 1.88 bits per heavy atom. The van der Waals surface area contributed by atoms with E-state index in [-0.39, 0.29) is 5.91 Å². The molecule has 1 amide bonds. The van der Waals surface area contributed by atoms with Crippen LogP contribution in [0.3, 0.4) is 0 Å². The highest BCUT2D eigenvalue weighted by Crippen LogP contribution is 2.27. The van der Waals surface area contributed by atoms with E-state index in [1.165, 1.54) is 12.1 Å². The quantitative estimate of drug-likeness (QED) is 0.581. The van der Waals surface area contributed by atoms with E-state index in [2.05, 4.69) is 10.3 Å². The van der Waals surface area contributed by atoms with Gasteiger partial charge in [0.1, 0.15) is 11.4 Å². The van der Waals surface area contributed by atoms with Crippen molar-refractivity contribution in [3.63, 3.8) is 0 Å². The lowest BCUT2D eigenvalue weighted by Crippen LogP contribution is -2.11. The number of nitrogens with one attached hydrogen (secondary N) is 1. The summed E-state index contributed by atoms with van der Waals surface area (Å²) in [4.78, 5) is 16.7. The zero-order valence-corrected chi connectivity index (χ0v) is 13.1. The van der Waals surface area contributed by atoms with Crippen molar-refractivity contribution in [2.75, 3.05) is 5.32 Å². The molecule has 122 valence electrons. The standard InChI is InChI=1S/C20H13FN2O2/c21-15-2-1-3-16(12-15)23-20(24)14-6-4-13(5-7-14)19-17-9-11-25-18(17)8-10-22-19/h1-12H,(H,23,24). The Bertz CT molecular complexity index is 1050. The molecule has 0 aliphatic rings. The number of amides is 1. The Labute approximate surface area is 142 Å². The van der Waals surface area contributed by atoms with Crippen LogP contribution < -0.4 is 5.32 Å². The van der Waals surface area contributed by atoms with Crippen LogP contribution in [-0.4, -0.2) is 10.9 Å². The number of hydrogen-bond acceptors (Lipinski definition) is 3. The van der Waals surface area contributed by atoms with E-state index in [0.29, 0.717) is 11.3 Å². The normalized spacial score (nSPS) is 10.8. The van der Waals surface area contributed by atoms with Gasteiger partial charge in [0.25, 0.3) is 5.91 Å². The van der Waals surface area contributed by atoms with Gasteiger partial charge in [0.15, 0.2) is 0 Å². The molecule has 0 saturated heterocycles. The molecule has 0 fully saturated rings. The molecular weight excluding hydrogens is 319 g/mol. The van der Waals surface area contributed by atoms with Gasteiger partial charge in [-0.2, -0.15) is 0 Å². The molecule has 5 heteroatoms. The SMILES string of the molecule is O=C(Nc1cccc(F)c1)c1ccc(-c2nccc3occc23)cc1. The molecule has 25 heavy (non-hydrogen) atoms. The third-order valence-electron chi connectivity index (χ3n) is 3.88. The predicted molar refractivity (Wildman–Crippen MR) is 93.8 cm³/mol. The predicted octanol–water partition coefficient (Wildman–Crippen LogP) is 4.89. The van der Waals surface area contributed by atoms with Gasteiger partial charge in [0, 0.05) is 28.4 Å². The van der Waals surface area contributed by atoms with E-state index in [1.807, 2.05) is 18.2 Å². The van der Waals surface area contributed by atoms with E-state index >= 15 is 0 Å². The average Bonchev–Trinajstić information content (AvgIpc) is 3.10. The first-order valence-corrected chi connectivity index (χ1v) is 7.70. The van der Waals surface area contributed by atoms with Gasteiger partial charge in [-0.25, -0.2) is 4.39 Å². The van der Waals surface area contributed by atoms with Crippen LogP contribution in [0.5, 0.6) is 0 Å². The van der Waals surface area contributed by atoms with Crippen molar-refractivity contribution in [3.05, 3.63) is 84.5 Å². The molecular formula is C20H13FN2O2. The zero-order valence-electron chi connectivity index (χ0n) is 13.1. The molecule has 0 bridgehead atoms. The van der Waals surface area contributed by atoms with Gasteiger partial charge in [-0.3, -0.25) is 9.78 Å². The maximum absolute atomic E-state index is 13.2. The highest BCUT2D eigenvalue weighted by Gasteiger charge is 2.10. The second kappa shape index (κ2) is 6.20. The van der Waals surface area contributed by atoms with Crippen LogP contribution in [0.25, 0.3) is 22.2 Å². The van der Waals surface area contributed by atoms with E-state index in [9.17, 15) is 9.18 Å². The number of aromatic nitrogens is 1. The molecule has 0 spiro atoms. The van der Waals surface area contributed by atoms with Crippen molar-refractivity contribution in [2.45, 2.75) is 0 Å². The van der Waals surface area contributed by atoms with Gasteiger partial charge in [0.2, 0.25) is 0 Å². The topological polar surface area (TPSA) is 55.1 Å². The van der Waals surface area contributed by atoms with Crippen LogP contribution in [0, 0.1) is 5.82 Å². The van der Waals surface area contributed by atoms with Crippen LogP contribution >= 0.6 is 0 Å². The summed E-state index contributed by atoms with van der Waals surface area (Å²) < 4.78 is 18.6. The minimum Gasteiger partial charge on any atom is -0.464 e. The number of furan rings is 1. The molecule has 2 aromatic heterocycles. The van der Waals surface area contributed by atoms with Gasteiger partial charge < -0.3 is 9.73 Å². The molecule has 0 unspecified atom stereocenters. The molecule has 4 nitrogen and oxygen atoms in total. The summed E-state index contributed by atoms with van der Waals surface area (Å²) in [6.07, 6.45) is 3.31. The maximum atomic E-state index is 13.2. The average molecular weight is 332 g/mol. The number of halogens is 1. The Balaban J connectivity index is 1.59. The van der Waals surface area contributed by atoms with E-state index < -0.39 is 5.82 Å². The number of carbonyl (C=O) groups is 1. The first-order valence-electron chi connectivity index (χ1n) is 7.70. The lowest BCUT2D eigenvalue weighted by atomic mass is 10.1. The molecule has 4 rings (SSSR count). The fraction of sp³-hybridized carbons (Fsp3) is 0. The number of hydrogen-bond donors (Lipinski definition) is 1. The van der Waals surface area contributed by atoms with Crippen LogP contribution in [0.2, 0.25) is 0 Å². The zero-order chi connectivity index (χ0) is 17.2. The lowest BCUT2D eigenvalue weighted by molar-refractivity contribution is 0.102. The van der Waals surface area contributed by atoms with Crippen LogP contribution in [0.15, 0.2) is 77.5 Å². The summed E-state index contributed by atoms with van der Waals surface area (Å²) in [7, 11) is 0. The molecule has 0 saturated carbocycles. The molecule has 2 aromatic carbocycles. The second-order valence-electron chi connectivity index (χ2n) is 5.53. The van der Waals surface area contributed by atoms with Gasteiger partial charge in [-0.05, 0) is 42.5 Å². The minimum atomic E-state index is -0.396. The number of nitrogens with zero attached hydrogens (tertiary/aromatic N) is 1. The van der Waals surface area contributed by atoms with Crippen molar-refractivity contribution in [3.8, 4) is 11.3 Å². The van der Waals surface area contributed by atoms with Gasteiger partial charge in [0.05, 0.1) is 12.0 Å². The second-order valence-corrected chi connectivity index (χ2v) is 5.53. The molecule has 0 aliphatic carbocycles. The van der Waals surface area contributed by atoms with Crippen LogP contribution in [0.1, 0.15) is 10.4 Å². The van der Waals surface area contributed by atoms with Crippen molar-refractivity contribution >= 4 is 22.6 Å². The van der Waals surface area contributed by atoms with Crippen LogP contribution in [0.4, 0.5) is 10.1 Å². The number of carbonyl (C=O) groups excluding carboxylic acids is 1. The summed E-state index contributed by atoms with van der Waals surface area (Å²) in [6, 6.07) is 16.5. The van der Waals surface area contributed by atoms with Gasteiger partial charge in [-0.15, -0.1) is 0 Å². The number of pyridine rings is 1. The summed E-state index contributed by atoms with van der Waals surface area (Å²) in [6.45, 7) is 0. The van der Waals surface area contributed by atoms with Crippen molar-refractivity contribution in [2.24, 2.45) is 0 Å². The first-order chi connectivity index (χ1) is 12.2. The third-order valence-corrected chi connectivity index (χ3v) is 3.88. The van der Waals surface area contributed by atoms with E-state index in [1.54, 1.807) is 42.8 Å². The monoisotopic (exact) mass is 332 g/mol. The first kappa shape index (κ1) is 15.1. The molecule has 0 atom stereocenters.